The van der Waals surface area contributed by atoms with Crippen LogP contribution in [0.25, 0.3) is 0 Å². The number of benzene rings is 1. The van der Waals surface area contributed by atoms with Crippen molar-refractivity contribution < 1.29 is 9.90 Å². The van der Waals surface area contributed by atoms with Crippen LogP contribution in [0.2, 0.25) is 15.9 Å². The molecule has 0 aromatic heterocycles. The first-order valence-electron chi connectivity index (χ1n) is 3.32. The van der Waals surface area contributed by atoms with E-state index in [1.165, 1.54) is 6.07 Å². The molecule has 0 radical (unpaired) electrons. The van der Waals surface area contributed by atoms with Gasteiger partial charge in [0.2, 0.25) is 0 Å². The van der Waals surface area contributed by atoms with Crippen LogP contribution in [0.15, 0.2) is 12.1 Å². The Kier molecular flexibility index (Phi) is 3.63. The molecule has 0 unspecified atom stereocenters. The Morgan fingerprint density at radius 1 is 1.38 bits per heavy atom. The first-order valence-corrected chi connectivity index (χ1v) is 6.65. The fraction of sp³-hybridized carbons (Fsp3) is 0.125. The normalized spacial score (nSPS) is 10.1. The van der Waals surface area contributed by atoms with Gasteiger partial charge >= 0.3 is 92.1 Å². The molecule has 0 saturated heterocycles. The molecule has 0 heterocycles. The molecule has 0 atom stereocenters. The minimum atomic E-state index is -0.961. The standard InChI is InChI=1S/C8H6Cl2O2Se/c1-13-7-3-6(10)5(9)2-4(7)8(11)12/h2-3H,1H3,(H,11,12). The van der Waals surface area contributed by atoms with Gasteiger partial charge in [0.1, 0.15) is 0 Å². The van der Waals surface area contributed by atoms with Gasteiger partial charge in [0, 0.05) is 0 Å². The first kappa shape index (κ1) is 10.9. The monoisotopic (exact) mass is 284 g/mol. The van der Waals surface area contributed by atoms with E-state index >= 15 is 0 Å². The van der Waals surface area contributed by atoms with Crippen LogP contribution in [0.3, 0.4) is 0 Å². The van der Waals surface area contributed by atoms with Crippen molar-refractivity contribution in [2.45, 2.75) is 5.82 Å². The van der Waals surface area contributed by atoms with E-state index in [9.17, 15) is 4.79 Å². The number of hydrogen-bond donors (Lipinski definition) is 1. The van der Waals surface area contributed by atoms with Gasteiger partial charge in [-0.1, -0.05) is 0 Å². The summed E-state index contributed by atoms with van der Waals surface area (Å²) in [5.74, 6) is 0.969. The molecule has 70 valence electrons. The Morgan fingerprint density at radius 2 is 1.92 bits per heavy atom. The van der Waals surface area contributed by atoms with Crippen molar-refractivity contribution in [1.29, 1.82) is 0 Å². The van der Waals surface area contributed by atoms with Gasteiger partial charge in [0.15, 0.2) is 0 Å². The second-order valence-electron chi connectivity index (χ2n) is 2.27. The van der Waals surface area contributed by atoms with E-state index in [4.69, 9.17) is 28.3 Å². The zero-order valence-electron chi connectivity index (χ0n) is 6.67. The Hall–Kier alpha value is -0.211. The number of carboxylic acid groups (broad SMARTS) is 1. The number of aromatic carboxylic acids is 1. The van der Waals surface area contributed by atoms with E-state index in [-0.39, 0.29) is 25.5 Å². The quantitative estimate of drug-likeness (QED) is 0.844. The molecule has 13 heavy (non-hydrogen) atoms. The molecule has 0 saturated carbocycles. The van der Waals surface area contributed by atoms with Crippen molar-refractivity contribution >= 4 is 48.6 Å². The summed E-state index contributed by atoms with van der Waals surface area (Å²) in [4.78, 5) is 10.8. The molecule has 0 spiro atoms. The SMILES string of the molecule is C[Se]c1cc(Cl)c(Cl)cc1C(=O)O. The number of halogens is 2. The number of rotatable bonds is 2. The van der Waals surface area contributed by atoms with E-state index in [0.717, 1.165) is 4.46 Å². The van der Waals surface area contributed by atoms with Crippen LogP contribution in [0.4, 0.5) is 0 Å². The van der Waals surface area contributed by atoms with Crippen LogP contribution in [0.5, 0.6) is 0 Å². The van der Waals surface area contributed by atoms with Crippen LogP contribution < -0.4 is 4.46 Å². The van der Waals surface area contributed by atoms with Crippen LogP contribution in [-0.4, -0.2) is 26.0 Å². The topological polar surface area (TPSA) is 37.3 Å². The van der Waals surface area contributed by atoms with Gasteiger partial charge in [0.05, 0.1) is 0 Å². The number of carbonyl (C=O) groups is 1. The zero-order chi connectivity index (χ0) is 10.0. The molecule has 1 aromatic carbocycles. The van der Waals surface area contributed by atoms with E-state index in [1.54, 1.807) is 6.07 Å². The second-order valence-corrected chi connectivity index (χ2v) is 4.87. The molecule has 0 fully saturated rings. The summed E-state index contributed by atoms with van der Waals surface area (Å²) in [7, 11) is 0. The predicted molar refractivity (Wildman–Crippen MR) is 54.7 cm³/mol. The third-order valence-electron chi connectivity index (χ3n) is 1.47. The molecule has 0 aliphatic heterocycles. The van der Waals surface area contributed by atoms with Crippen molar-refractivity contribution in [3.63, 3.8) is 0 Å². The maximum atomic E-state index is 10.8. The van der Waals surface area contributed by atoms with Gasteiger partial charge in [-0.25, -0.2) is 0 Å². The predicted octanol–water partition coefficient (Wildman–Crippen LogP) is 2.07. The third kappa shape index (κ3) is 2.38. The fourth-order valence-corrected chi connectivity index (χ4v) is 2.60. The molecule has 0 bridgehead atoms. The molecule has 0 aliphatic carbocycles. The summed E-state index contributed by atoms with van der Waals surface area (Å²) >= 11 is 11.6. The average molecular weight is 284 g/mol. The van der Waals surface area contributed by atoms with E-state index < -0.39 is 5.97 Å². The Balaban J connectivity index is 3.33. The van der Waals surface area contributed by atoms with Gasteiger partial charge in [-0.05, 0) is 0 Å². The van der Waals surface area contributed by atoms with E-state index in [2.05, 4.69) is 0 Å². The van der Waals surface area contributed by atoms with Crippen molar-refractivity contribution in [3.8, 4) is 0 Å². The summed E-state index contributed by atoms with van der Waals surface area (Å²) in [5, 5.41) is 9.51. The Morgan fingerprint density at radius 3 is 2.38 bits per heavy atom. The van der Waals surface area contributed by atoms with Gasteiger partial charge in [0.25, 0.3) is 0 Å². The van der Waals surface area contributed by atoms with Gasteiger partial charge in [-0.2, -0.15) is 0 Å². The molecule has 0 aliphatic rings. The minimum absolute atomic E-state index is 0.0992. The van der Waals surface area contributed by atoms with Crippen molar-refractivity contribution in [3.05, 3.63) is 27.7 Å². The number of hydrogen-bond acceptors (Lipinski definition) is 1. The molecular formula is C8H6Cl2O2Se. The molecule has 2 nitrogen and oxygen atoms in total. The molecule has 1 aromatic rings. The molecule has 5 heteroatoms. The zero-order valence-corrected chi connectivity index (χ0v) is 9.90. The van der Waals surface area contributed by atoms with Crippen LogP contribution in [-0.2, 0) is 0 Å². The maximum absolute atomic E-state index is 10.8. The van der Waals surface area contributed by atoms with Crippen molar-refractivity contribution in [2.75, 3.05) is 0 Å². The van der Waals surface area contributed by atoms with Crippen molar-refractivity contribution in [1.82, 2.24) is 0 Å². The third-order valence-corrected chi connectivity index (χ3v) is 3.83. The first-order chi connectivity index (χ1) is 6.06. The molecule has 1 N–H and O–H groups in total. The Labute approximate surface area is 92.0 Å². The average Bonchev–Trinajstić information content (AvgIpc) is 2.08. The summed E-state index contributed by atoms with van der Waals surface area (Å²) < 4.78 is 0.759. The van der Waals surface area contributed by atoms with Crippen molar-refractivity contribution in [2.24, 2.45) is 0 Å². The fourth-order valence-electron chi connectivity index (χ4n) is 0.865. The summed E-state index contributed by atoms with van der Waals surface area (Å²) in [6, 6.07) is 3.01. The van der Waals surface area contributed by atoms with Gasteiger partial charge in [-0.3, -0.25) is 0 Å². The molecule has 0 amide bonds. The Bertz CT molecular complexity index is 352. The van der Waals surface area contributed by atoms with Gasteiger partial charge in [-0.15, -0.1) is 0 Å². The van der Waals surface area contributed by atoms with Crippen LogP contribution >= 0.6 is 23.2 Å². The van der Waals surface area contributed by atoms with E-state index in [0.29, 0.717) is 5.02 Å². The van der Waals surface area contributed by atoms with E-state index in [1.807, 2.05) is 5.82 Å². The molecular weight excluding hydrogens is 278 g/mol. The van der Waals surface area contributed by atoms with Gasteiger partial charge < -0.3 is 0 Å². The number of carboxylic acids is 1. The summed E-state index contributed by atoms with van der Waals surface area (Å²) in [5.41, 5.74) is 0.247. The second kappa shape index (κ2) is 4.34. The summed E-state index contributed by atoms with van der Waals surface area (Å²) in [6.45, 7) is 0. The molecule has 1 rings (SSSR count). The van der Waals surface area contributed by atoms with Crippen LogP contribution in [0.1, 0.15) is 10.4 Å². The summed E-state index contributed by atoms with van der Waals surface area (Å²) in [6.07, 6.45) is 0. The van der Waals surface area contributed by atoms with Crippen LogP contribution in [0, 0.1) is 0 Å².